The van der Waals surface area contributed by atoms with Gasteiger partial charge in [-0.3, -0.25) is 4.79 Å². The maximum Gasteiger partial charge on any atom is 0.191 e. The van der Waals surface area contributed by atoms with Crippen molar-refractivity contribution < 1.29 is 9.90 Å². The van der Waals surface area contributed by atoms with Gasteiger partial charge in [-0.15, -0.1) is 6.58 Å². The Labute approximate surface area is 83.9 Å². The number of hydrogen-bond donors (Lipinski definition) is 1. The fraction of sp³-hybridized carbons (Fsp3) is 0.250. The van der Waals surface area contributed by atoms with Gasteiger partial charge in [-0.05, 0) is 0 Å². The Morgan fingerprint density at radius 1 is 1.43 bits per heavy atom. The van der Waals surface area contributed by atoms with E-state index in [0.29, 0.717) is 5.56 Å². The molecule has 0 fully saturated rings. The van der Waals surface area contributed by atoms with Crippen LogP contribution in [0, 0.1) is 5.92 Å². The highest BCUT2D eigenvalue weighted by Crippen LogP contribution is 2.11. The molecule has 2 atom stereocenters. The van der Waals surface area contributed by atoms with Gasteiger partial charge in [-0.2, -0.15) is 0 Å². The van der Waals surface area contributed by atoms with E-state index < -0.39 is 6.10 Å². The lowest BCUT2D eigenvalue weighted by atomic mass is 9.97. The molecule has 0 aliphatic carbocycles. The monoisotopic (exact) mass is 190 g/mol. The minimum atomic E-state index is -0.991. The molecule has 0 amide bonds. The largest absolute Gasteiger partial charge is 0.384 e. The van der Waals surface area contributed by atoms with Crippen LogP contribution in [0.5, 0.6) is 0 Å². The number of ketones is 1. The molecule has 0 heterocycles. The minimum absolute atomic E-state index is 0.220. The highest BCUT2D eigenvalue weighted by Gasteiger charge is 2.20. The van der Waals surface area contributed by atoms with Crippen molar-refractivity contribution in [2.24, 2.45) is 5.92 Å². The van der Waals surface area contributed by atoms with Gasteiger partial charge < -0.3 is 5.11 Å². The Balaban J connectivity index is 2.81. The van der Waals surface area contributed by atoms with Crippen molar-refractivity contribution in [1.82, 2.24) is 0 Å². The number of Topliss-reactive ketones (excluding diaryl/α,β-unsaturated/α-hetero) is 1. The molecule has 0 aromatic heterocycles. The van der Waals surface area contributed by atoms with Crippen LogP contribution in [-0.2, 0) is 0 Å². The molecule has 2 heteroatoms. The third-order valence-electron chi connectivity index (χ3n) is 2.20. The average Bonchev–Trinajstić information content (AvgIpc) is 2.27. The van der Waals surface area contributed by atoms with E-state index in [2.05, 4.69) is 6.58 Å². The smallest absolute Gasteiger partial charge is 0.191 e. The first kappa shape index (κ1) is 10.7. The zero-order valence-corrected chi connectivity index (χ0v) is 8.18. The summed E-state index contributed by atoms with van der Waals surface area (Å²) in [5.74, 6) is -0.472. The summed E-state index contributed by atoms with van der Waals surface area (Å²) in [6.07, 6.45) is 0.584. The van der Waals surface area contributed by atoms with E-state index in [0.717, 1.165) is 0 Å². The molecule has 0 bridgehead atoms. The predicted octanol–water partition coefficient (Wildman–Crippen LogP) is 2.05. The molecule has 0 unspecified atom stereocenters. The number of aliphatic hydroxyl groups excluding tert-OH is 1. The quantitative estimate of drug-likeness (QED) is 0.582. The average molecular weight is 190 g/mol. The van der Waals surface area contributed by atoms with Gasteiger partial charge in [0.25, 0.3) is 0 Å². The van der Waals surface area contributed by atoms with Crippen LogP contribution in [0.4, 0.5) is 0 Å². The summed E-state index contributed by atoms with van der Waals surface area (Å²) in [7, 11) is 0. The van der Waals surface area contributed by atoms with E-state index in [1.807, 2.05) is 6.07 Å². The third-order valence-corrected chi connectivity index (χ3v) is 2.20. The molecule has 1 aromatic rings. The molecule has 0 aliphatic rings. The Kier molecular flexibility index (Phi) is 3.60. The highest BCUT2D eigenvalue weighted by molar-refractivity contribution is 5.99. The zero-order chi connectivity index (χ0) is 10.6. The lowest BCUT2D eigenvalue weighted by molar-refractivity contribution is 0.0676. The van der Waals surface area contributed by atoms with Gasteiger partial charge in [0.05, 0.1) is 0 Å². The van der Waals surface area contributed by atoms with E-state index in [1.165, 1.54) is 0 Å². The molecule has 1 rings (SSSR count). The Hall–Kier alpha value is -1.41. The van der Waals surface area contributed by atoms with Crippen molar-refractivity contribution in [3.63, 3.8) is 0 Å². The summed E-state index contributed by atoms with van der Waals surface area (Å²) in [6, 6.07) is 8.78. The number of aliphatic hydroxyl groups is 1. The Bertz CT molecular complexity index is 316. The number of hydrogen-bond acceptors (Lipinski definition) is 2. The summed E-state index contributed by atoms with van der Waals surface area (Å²) in [5, 5.41) is 9.62. The Morgan fingerprint density at radius 2 is 2.00 bits per heavy atom. The number of carbonyl (C=O) groups is 1. The molecule has 14 heavy (non-hydrogen) atoms. The van der Waals surface area contributed by atoms with Crippen LogP contribution in [0.1, 0.15) is 17.3 Å². The van der Waals surface area contributed by atoms with E-state index in [4.69, 9.17) is 0 Å². The molecule has 2 nitrogen and oxygen atoms in total. The fourth-order valence-electron chi connectivity index (χ4n) is 1.14. The second-order valence-electron chi connectivity index (χ2n) is 3.27. The van der Waals surface area contributed by atoms with E-state index in [9.17, 15) is 9.90 Å². The topological polar surface area (TPSA) is 37.3 Å². The van der Waals surface area contributed by atoms with Gasteiger partial charge in [-0.25, -0.2) is 0 Å². The van der Waals surface area contributed by atoms with Crippen LogP contribution in [0.15, 0.2) is 43.0 Å². The van der Waals surface area contributed by atoms with Crippen LogP contribution >= 0.6 is 0 Å². The molecular weight excluding hydrogens is 176 g/mol. The van der Waals surface area contributed by atoms with Gasteiger partial charge in [0, 0.05) is 11.5 Å². The molecule has 0 radical (unpaired) electrons. The number of benzene rings is 1. The summed E-state index contributed by atoms with van der Waals surface area (Å²) in [4.78, 5) is 11.6. The van der Waals surface area contributed by atoms with Crippen LogP contribution in [-0.4, -0.2) is 17.0 Å². The van der Waals surface area contributed by atoms with Gasteiger partial charge in [0.1, 0.15) is 6.10 Å². The maximum atomic E-state index is 11.6. The standard InChI is InChI=1S/C12H14O2/c1-3-9(2)11(13)12(14)10-7-5-4-6-8-10/h3-9,11,13H,1H2,2H3/t9-,11-/m0/s1. The molecular formula is C12H14O2. The van der Waals surface area contributed by atoms with Crippen molar-refractivity contribution in [2.75, 3.05) is 0 Å². The van der Waals surface area contributed by atoms with Crippen LogP contribution in [0.2, 0.25) is 0 Å². The third kappa shape index (κ3) is 2.30. The second-order valence-corrected chi connectivity index (χ2v) is 3.27. The van der Waals surface area contributed by atoms with E-state index >= 15 is 0 Å². The first-order valence-corrected chi connectivity index (χ1v) is 4.56. The van der Waals surface area contributed by atoms with Crippen LogP contribution < -0.4 is 0 Å². The normalized spacial score (nSPS) is 14.4. The van der Waals surface area contributed by atoms with Gasteiger partial charge in [0.2, 0.25) is 0 Å². The van der Waals surface area contributed by atoms with Crippen LogP contribution in [0.3, 0.4) is 0 Å². The predicted molar refractivity (Wildman–Crippen MR) is 56.1 cm³/mol. The van der Waals surface area contributed by atoms with Crippen molar-refractivity contribution in [3.05, 3.63) is 48.6 Å². The van der Waals surface area contributed by atoms with E-state index in [-0.39, 0.29) is 11.7 Å². The molecule has 0 saturated heterocycles. The van der Waals surface area contributed by atoms with Gasteiger partial charge in [-0.1, -0.05) is 43.3 Å². The molecule has 0 saturated carbocycles. The SMILES string of the molecule is C=C[C@H](C)[C@H](O)C(=O)c1ccccc1. The lowest BCUT2D eigenvalue weighted by Crippen LogP contribution is -2.26. The first-order valence-electron chi connectivity index (χ1n) is 4.56. The zero-order valence-electron chi connectivity index (χ0n) is 8.18. The maximum absolute atomic E-state index is 11.6. The first-order chi connectivity index (χ1) is 6.66. The van der Waals surface area contributed by atoms with Gasteiger partial charge in [0.15, 0.2) is 5.78 Å². The summed E-state index contributed by atoms with van der Waals surface area (Å²) >= 11 is 0. The molecule has 0 aliphatic heterocycles. The lowest BCUT2D eigenvalue weighted by Gasteiger charge is -2.13. The Morgan fingerprint density at radius 3 is 2.50 bits per heavy atom. The minimum Gasteiger partial charge on any atom is -0.384 e. The fourth-order valence-corrected chi connectivity index (χ4v) is 1.14. The van der Waals surface area contributed by atoms with E-state index in [1.54, 1.807) is 37.3 Å². The summed E-state index contributed by atoms with van der Waals surface area (Å²) in [5.41, 5.74) is 0.536. The summed E-state index contributed by atoms with van der Waals surface area (Å²) in [6.45, 7) is 5.31. The second kappa shape index (κ2) is 4.72. The number of rotatable bonds is 4. The molecule has 1 aromatic carbocycles. The molecule has 1 N–H and O–H groups in total. The highest BCUT2D eigenvalue weighted by atomic mass is 16.3. The van der Waals surface area contributed by atoms with Crippen LogP contribution in [0.25, 0.3) is 0 Å². The number of carbonyl (C=O) groups excluding carboxylic acids is 1. The summed E-state index contributed by atoms with van der Waals surface area (Å²) < 4.78 is 0. The van der Waals surface area contributed by atoms with Crippen molar-refractivity contribution in [3.8, 4) is 0 Å². The van der Waals surface area contributed by atoms with Gasteiger partial charge >= 0.3 is 0 Å². The van der Waals surface area contributed by atoms with Crippen molar-refractivity contribution in [2.45, 2.75) is 13.0 Å². The molecule has 74 valence electrons. The van der Waals surface area contributed by atoms with Crippen molar-refractivity contribution >= 4 is 5.78 Å². The molecule has 0 spiro atoms. The van der Waals surface area contributed by atoms with Crippen molar-refractivity contribution in [1.29, 1.82) is 0 Å².